The van der Waals surface area contributed by atoms with Crippen LogP contribution in [0.5, 0.6) is 0 Å². The molecule has 0 saturated heterocycles. The van der Waals surface area contributed by atoms with Crippen molar-refractivity contribution in [3.05, 3.63) is 35.5 Å². The van der Waals surface area contributed by atoms with Crippen LogP contribution in [-0.4, -0.2) is 33.6 Å². The number of carbonyl (C=O) groups excluding carboxylic acids is 1. The Bertz CT molecular complexity index is 622. The molecule has 0 radical (unpaired) electrons. The zero-order chi connectivity index (χ0) is 16.2. The number of aromatic amines is 1. The molecule has 3 rings (SSSR count). The van der Waals surface area contributed by atoms with E-state index in [-0.39, 0.29) is 5.91 Å². The van der Waals surface area contributed by atoms with E-state index in [1.807, 2.05) is 26.0 Å². The summed E-state index contributed by atoms with van der Waals surface area (Å²) in [5, 5.41) is 10.00. The Kier molecular flexibility index (Phi) is 4.81. The van der Waals surface area contributed by atoms with E-state index in [1.165, 1.54) is 12.8 Å². The summed E-state index contributed by atoms with van der Waals surface area (Å²) >= 11 is 0. The maximum Gasteiger partial charge on any atom is 0.238 e. The van der Waals surface area contributed by atoms with Crippen LogP contribution in [0.1, 0.15) is 42.8 Å². The van der Waals surface area contributed by atoms with Gasteiger partial charge in [-0.15, -0.1) is 0 Å². The minimum Gasteiger partial charge on any atom is -0.468 e. The second kappa shape index (κ2) is 7.00. The Labute approximate surface area is 136 Å². The number of aromatic nitrogens is 2. The lowest BCUT2D eigenvalue weighted by Gasteiger charge is -2.27. The Morgan fingerprint density at radius 1 is 1.43 bits per heavy atom. The lowest BCUT2D eigenvalue weighted by atomic mass is 10.2. The second-order valence-electron chi connectivity index (χ2n) is 6.28. The molecule has 6 nitrogen and oxygen atoms in total. The SMILES string of the molecule is Cc1n[nH]c(C)c1NC(=O)CN(Cc1ccco1)C1CCCC1. The van der Waals surface area contributed by atoms with E-state index < -0.39 is 0 Å². The van der Waals surface area contributed by atoms with Crippen LogP contribution in [0.3, 0.4) is 0 Å². The minimum atomic E-state index is -0.00365. The molecule has 2 N–H and O–H groups in total. The largest absolute Gasteiger partial charge is 0.468 e. The van der Waals surface area contributed by atoms with Gasteiger partial charge in [0.25, 0.3) is 0 Å². The smallest absolute Gasteiger partial charge is 0.238 e. The van der Waals surface area contributed by atoms with Crippen molar-refractivity contribution >= 4 is 11.6 Å². The standard InChI is InChI=1S/C17H24N4O2/c1-12-17(13(2)20-19-12)18-16(22)11-21(14-6-3-4-7-14)10-15-8-5-9-23-15/h5,8-9,14H,3-4,6-7,10-11H2,1-2H3,(H,18,22)(H,19,20). The average molecular weight is 316 g/mol. The van der Waals surface area contributed by atoms with Crippen molar-refractivity contribution in [2.24, 2.45) is 0 Å². The van der Waals surface area contributed by atoms with Crippen LogP contribution in [0.2, 0.25) is 0 Å². The van der Waals surface area contributed by atoms with Crippen molar-refractivity contribution in [3.8, 4) is 0 Å². The molecule has 1 aliphatic carbocycles. The summed E-state index contributed by atoms with van der Waals surface area (Å²) in [6.07, 6.45) is 6.46. The number of anilines is 1. The summed E-state index contributed by atoms with van der Waals surface area (Å²) in [4.78, 5) is 14.7. The first-order valence-corrected chi connectivity index (χ1v) is 8.21. The maximum atomic E-state index is 12.5. The molecule has 0 unspecified atom stereocenters. The molecule has 1 fully saturated rings. The van der Waals surface area contributed by atoms with Crippen molar-refractivity contribution in [2.45, 2.75) is 52.1 Å². The summed E-state index contributed by atoms with van der Waals surface area (Å²) in [6.45, 7) is 4.84. The highest BCUT2D eigenvalue weighted by atomic mass is 16.3. The Balaban J connectivity index is 1.66. The molecule has 0 aliphatic heterocycles. The van der Waals surface area contributed by atoms with Gasteiger partial charge in [-0.25, -0.2) is 0 Å². The highest BCUT2D eigenvalue weighted by Gasteiger charge is 2.25. The van der Waals surface area contributed by atoms with E-state index >= 15 is 0 Å². The number of hydrogen-bond acceptors (Lipinski definition) is 4. The molecular weight excluding hydrogens is 292 g/mol. The lowest BCUT2D eigenvalue weighted by molar-refractivity contribution is -0.118. The third-order valence-electron chi connectivity index (χ3n) is 4.52. The molecule has 2 aromatic rings. The normalized spacial score (nSPS) is 15.4. The van der Waals surface area contributed by atoms with Gasteiger partial charge in [0.2, 0.25) is 5.91 Å². The first-order chi connectivity index (χ1) is 11.1. The van der Waals surface area contributed by atoms with E-state index in [1.54, 1.807) is 6.26 Å². The molecular formula is C17H24N4O2. The number of H-pyrrole nitrogens is 1. The summed E-state index contributed by atoms with van der Waals surface area (Å²) < 4.78 is 5.46. The predicted molar refractivity (Wildman–Crippen MR) is 88.1 cm³/mol. The number of nitrogens with one attached hydrogen (secondary N) is 2. The van der Waals surface area contributed by atoms with Crippen LogP contribution in [-0.2, 0) is 11.3 Å². The summed E-state index contributed by atoms with van der Waals surface area (Å²) in [6, 6.07) is 4.31. The molecule has 1 amide bonds. The first kappa shape index (κ1) is 15.8. The molecule has 0 spiro atoms. The minimum absolute atomic E-state index is 0.00365. The van der Waals surface area contributed by atoms with Gasteiger partial charge in [-0.2, -0.15) is 5.10 Å². The molecule has 2 aromatic heterocycles. The zero-order valence-electron chi connectivity index (χ0n) is 13.8. The van der Waals surface area contributed by atoms with Gasteiger partial charge >= 0.3 is 0 Å². The van der Waals surface area contributed by atoms with Crippen molar-refractivity contribution in [1.29, 1.82) is 0 Å². The molecule has 0 aromatic carbocycles. The van der Waals surface area contributed by atoms with E-state index in [9.17, 15) is 4.79 Å². The number of rotatable bonds is 6. The van der Waals surface area contributed by atoms with E-state index in [4.69, 9.17) is 4.42 Å². The van der Waals surface area contributed by atoms with Gasteiger partial charge < -0.3 is 9.73 Å². The van der Waals surface area contributed by atoms with E-state index in [0.717, 1.165) is 35.7 Å². The maximum absolute atomic E-state index is 12.5. The van der Waals surface area contributed by atoms with Crippen molar-refractivity contribution in [3.63, 3.8) is 0 Å². The molecule has 1 saturated carbocycles. The van der Waals surface area contributed by atoms with Gasteiger partial charge in [0, 0.05) is 6.04 Å². The number of carbonyl (C=O) groups is 1. The van der Waals surface area contributed by atoms with Crippen LogP contribution < -0.4 is 5.32 Å². The number of aryl methyl sites for hydroxylation is 2. The highest BCUT2D eigenvalue weighted by molar-refractivity contribution is 5.93. The quantitative estimate of drug-likeness (QED) is 0.859. The molecule has 23 heavy (non-hydrogen) atoms. The third-order valence-corrected chi connectivity index (χ3v) is 4.52. The monoisotopic (exact) mass is 316 g/mol. The van der Waals surface area contributed by atoms with E-state index in [2.05, 4.69) is 20.4 Å². The average Bonchev–Trinajstić information content (AvgIpc) is 3.25. The molecule has 2 heterocycles. The number of hydrogen-bond donors (Lipinski definition) is 2. The van der Waals surface area contributed by atoms with Crippen LogP contribution in [0.25, 0.3) is 0 Å². The molecule has 124 valence electrons. The predicted octanol–water partition coefficient (Wildman–Crippen LogP) is 3.00. The second-order valence-corrected chi connectivity index (χ2v) is 6.28. The van der Waals surface area contributed by atoms with Gasteiger partial charge in [0.1, 0.15) is 5.76 Å². The Morgan fingerprint density at radius 2 is 2.22 bits per heavy atom. The summed E-state index contributed by atoms with van der Waals surface area (Å²) in [5.74, 6) is 0.899. The van der Waals surface area contributed by atoms with Gasteiger partial charge in [-0.05, 0) is 38.8 Å². The number of amides is 1. The zero-order valence-corrected chi connectivity index (χ0v) is 13.8. The molecule has 0 bridgehead atoms. The summed E-state index contributed by atoms with van der Waals surface area (Å²) in [5.41, 5.74) is 2.49. The fourth-order valence-corrected chi connectivity index (χ4v) is 3.28. The molecule has 1 aliphatic rings. The number of furan rings is 1. The van der Waals surface area contributed by atoms with Gasteiger partial charge in [0.05, 0.1) is 36.4 Å². The first-order valence-electron chi connectivity index (χ1n) is 8.21. The Morgan fingerprint density at radius 3 is 2.83 bits per heavy atom. The highest BCUT2D eigenvalue weighted by Crippen LogP contribution is 2.25. The topological polar surface area (TPSA) is 74.2 Å². The van der Waals surface area contributed by atoms with Crippen LogP contribution >= 0.6 is 0 Å². The van der Waals surface area contributed by atoms with Crippen LogP contribution in [0.4, 0.5) is 5.69 Å². The van der Waals surface area contributed by atoms with E-state index in [0.29, 0.717) is 19.1 Å². The molecule has 0 atom stereocenters. The van der Waals surface area contributed by atoms with Crippen LogP contribution in [0.15, 0.2) is 22.8 Å². The van der Waals surface area contributed by atoms with Gasteiger partial charge in [0.15, 0.2) is 0 Å². The van der Waals surface area contributed by atoms with Gasteiger partial charge in [-0.1, -0.05) is 12.8 Å². The van der Waals surface area contributed by atoms with Crippen molar-refractivity contribution < 1.29 is 9.21 Å². The van der Waals surface area contributed by atoms with Crippen molar-refractivity contribution in [1.82, 2.24) is 15.1 Å². The Hall–Kier alpha value is -2.08. The lowest BCUT2D eigenvalue weighted by Crippen LogP contribution is -2.39. The van der Waals surface area contributed by atoms with Crippen molar-refractivity contribution in [2.75, 3.05) is 11.9 Å². The van der Waals surface area contributed by atoms with Gasteiger partial charge in [-0.3, -0.25) is 14.8 Å². The fraction of sp³-hybridized carbons (Fsp3) is 0.529. The third kappa shape index (κ3) is 3.82. The molecule has 6 heteroatoms. The van der Waals surface area contributed by atoms with Crippen LogP contribution in [0, 0.1) is 13.8 Å². The summed E-state index contributed by atoms with van der Waals surface area (Å²) in [7, 11) is 0. The fourth-order valence-electron chi connectivity index (χ4n) is 3.28. The number of nitrogens with zero attached hydrogens (tertiary/aromatic N) is 2.